The highest BCUT2D eigenvalue weighted by molar-refractivity contribution is 9.10. The number of aromatic carboxylic acids is 1. The average molecular weight is 519 g/mol. The van der Waals surface area contributed by atoms with Crippen molar-refractivity contribution in [3.05, 3.63) is 56.9 Å². The second kappa shape index (κ2) is 10.7. The number of ether oxygens (including phenoxy) is 2. The predicted molar refractivity (Wildman–Crippen MR) is 130 cm³/mol. The highest BCUT2D eigenvalue weighted by atomic mass is 79.9. The highest BCUT2D eigenvalue weighted by Gasteiger charge is 2.32. The number of thioether (sulfide) groups is 1. The minimum atomic E-state index is -0.997. The van der Waals surface area contributed by atoms with Gasteiger partial charge in [-0.1, -0.05) is 0 Å². The van der Waals surface area contributed by atoms with Crippen molar-refractivity contribution < 1.29 is 24.2 Å². The summed E-state index contributed by atoms with van der Waals surface area (Å²) < 4.78 is 12.1. The molecule has 0 atom stereocenters. The third kappa shape index (κ3) is 5.34. The Morgan fingerprint density at radius 2 is 1.84 bits per heavy atom. The van der Waals surface area contributed by atoms with E-state index in [4.69, 9.17) is 14.6 Å². The Balaban J connectivity index is 1.93. The fraction of sp³-hybridized carbons (Fsp3) is 0.261. The lowest BCUT2D eigenvalue weighted by atomic mass is 10.2. The molecule has 1 aliphatic heterocycles. The van der Waals surface area contributed by atoms with Crippen LogP contribution >= 0.6 is 27.7 Å². The summed E-state index contributed by atoms with van der Waals surface area (Å²) in [5.41, 5.74) is 1.55. The van der Waals surface area contributed by atoms with Crippen LogP contribution < -0.4 is 9.47 Å². The van der Waals surface area contributed by atoms with E-state index in [-0.39, 0.29) is 11.5 Å². The van der Waals surface area contributed by atoms with Crippen molar-refractivity contribution in [2.24, 2.45) is 4.99 Å². The van der Waals surface area contributed by atoms with E-state index in [2.05, 4.69) is 20.9 Å². The third-order valence-electron chi connectivity index (χ3n) is 4.46. The number of carbonyl (C=O) groups is 2. The molecule has 0 aliphatic carbocycles. The van der Waals surface area contributed by atoms with Crippen LogP contribution in [0.4, 0.5) is 5.69 Å². The number of hydrogen-bond donors (Lipinski definition) is 1. The Hall–Kier alpha value is -2.78. The fourth-order valence-electron chi connectivity index (χ4n) is 3.03. The molecule has 1 fully saturated rings. The molecular formula is C23H23BrN2O5S. The number of amides is 1. The maximum absolute atomic E-state index is 13.0. The first kappa shape index (κ1) is 23.9. The largest absolute Gasteiger partial charge is 0.490 e. The molecular weight excluding hydrogens is 496 g/mol. The molecule has 1 saturated heterocycles. The Labute approximate surface area is 199 Å². The normalized spacial score (nSPS) is 16.1. The number of rotatable bonds is 8. The average Bonchev–Trinajstić information content (AvgIpc) is 3.05. The first-order valence-corrected chi connectivity index (χ1v) is 11.7. The van der Waals surface area contributed by atoms with Crippen molar-refractivity contribution in [2.75, 3.05) is 19.8 Å². The van der Waals surface area contributed by atoms with Gasteiger partial charge in [-0.25, -0.2) is 9.79 Å². The number of likely N-dealkylation sites (N-methyl/N-ethyl adjacent to an activating group) is 1. The molecule has 1 N–H and O–H groups in total. The summed E-state index contributed by atoms with van der Waals surface area (Å²) in [6.45, 7) is 7.14. The van der Waals surface area contributed by atoms with Gasteiger partial charge in [-0.05, 0) is 96.5 Å². The van der Waals surface area contributed by atoms with Crippen molar-refractivity contribution in [2.45, 2.75) is 20.8 Å². The van der Waals surface area contributed by atoms with E-state index in [1.54, 1.807) is 23.1 Å². The van der Waals surface area contributed by atoms with Gasteiger partial charge in [-0.15, -0.1) is 0 Å². The fourth-order valence-corrected chi connectivity index (χ4v) is 4.67. The first-order chi connectivity index (χ1) is 15.4. The number of carbonyl (C=O) groups excluding carboxylic acids is 1. The van der Waals surface area contributed by atoms with Crippen molar-refractivity contribution in [3.8, 4) is 11.5 Å². The van der Waals surface area contributed by atoms with Crippen molar-refractivity contribution in [1.82, 2.24) is 4.90 Å². The molecule has 9 heteroatoms. The minimum absolute atomic E-state index is 0.138. The molecule has 1 aliphatic rings. The van der Waals surface area contributed by atoms with E-state index < -0.39 is 5.97 Å². The third-order valence-corrected chi connectivity index (χ3v) is 6.06. The lowest BCUT2D eigenvalue weighted by molar-refractivity contribution is -0.122. The second-order valence-electron chi connectivity index (χ2n) is 6.60. The van der Waals surface area contributed by atoms with Crippen LogP contribution in [-0.2, 0) is 4.79 Å². The molecule has 0 saturated carbocycles. The maximum atomic E-state index is 13.0. The number of aliphatic imine (C=N–C) groups is 1. The minimum Gasteiger partial charge on any atom is -0.490 e. The van der Waals surface area contributed by atoms with Crippen LogP contribution in [0.25, 0.3) is 6.08 Å². The molecule has 1 amide bonds. The lowest BCUT2D eigenvalue weighted by Crippen LogP contribution is -2.28. The van der Waals surface area contributed by atoms with Crippen LogP contribution in [0.3, 0.4) is 0 Å². The Kier molecular flexibility index (Phi) is 7.98. The number of nitrogens with zero attached hydrogens (tertiary/aromatic N) is 2. The Morgan fingerprint density at radius 3 is 2.44 bits per heavy atom. The summed E-state index contributed by atoms with van der Waals surface area (Å²) in [7, 11) is 0. The van der Waals surface area contributed by atoms with Crippen LogP contribution in [0.2, 0.25) is 0 Å². The maximum Gasteiger partial charge on any atom is 0.335 e. The highest BCUT2D eigenvalue weighted by Crippen LogP contribution is 2.39. The van der Waals surface area contributed by atoms with Gasteiger partial charge in [0.15, 0.2) is 16.7 Å². The SMILES string of the molecule is CCOc1cc(/C=C2/SC(=Nc3ccc(C(=O)O)cc3)N(CC)C2=O)cc(Br)c1OCC. The second-order valence-corrected chi connectivity index (χ2v) is 8.47. The zero-order valence-electron chi connectivity index (χ0n) is 17.9. The van der Waals surface area contributed by atoms with Gasteiger partial charge in [0.25, 0.3) is 5.91 Å². The topological polar surface area (TPSA) is 88.4 Å². The van der Waals surface area contributed by atoms with E-state index in [1.165, 1.54) is 23.9 Å². The van der Waals surface area contributed by atoms with Gasteiger partial charge in [0.05, 0.1) is 33.8 Å². The predicted octanol–water partition coefficient (Wildman–Crippen LogP) is 5.57. The summed E-state index contributed by atoms with van der Waals surface area (Å²) >= 11 is 4.80. The number of halogens is 1. The molecule has 32 heavy (non-hydrogen) atoms. The summed E-state index contributed by atoms with van der Waals surface area (Å²) in [6, 6.07) is 9.94. The first-order valence-electron chi connectivity index (χ1n) is 10.1. The molecule has 0 aromatic heterocycles. The van der Waals surface area contributed by atoms with Crippen LogP contribution in [-0.4, -0.2) is 46.8 Å². The monoisotopic (exact) mass is 518 g/mol. The van der Waals surface area contributed by atoms with Gasteiger partial charge in [-0.3, -0.25) is 9.69 Å². The van der Waals surface area contributed by atoms with Crippen molar-refractivity contribution in [3.63, 3.8) is 0 Å². The number of benzene rings is 2. The molecule has 0 unspecified atom stereocenters. The summed E-state index contributed by atoms with van der Waals surface area (Å²) in [5.74, 6) is 0.0965. The number of hydrogen-bond acceptors (Lipinski definition) is 6. The van der Waals surface area contributed by atoms with Gasteiger partial charge < -0.3 is 14.6 Å². The Morgan fingerprint density at radius 1 is 1.16 bits per heavy atom. The Bertz CT molecular complexity index is 1080. The van der Waals surface area contributed by atoms with Crippen molar-refractivity contribution in [1.29, 1.82) is 0 Å². The van der Waals surface area contributed by atoms with E-state index in [0.717, 1.165) is 10.0 Å². The molecule has 2 aromatic carbocycles. The molecule has 2 aromatic rings. The zero-order chi connectivity index (χ0) is 23.3. The van der Waals surface area contributed by atoms with Gasteiger partial charge in [0.1, 0.15) is 0 Å². The van der Waals surface area contributed by atoms with E-state index in [1.807, 2.05) is 32.9 Å². The smallest absolute Gasteiger partial charge is 0.335 e. The number of carboxylic acid groups (broad SMARTS) is 1. The quantitative estimate of drug-likeness (QED) is 0.459. The van der Waals surface area contributed by atoms with Gasteiger partial charge in [0.2, 0.25) is 0 Å². The molecule has 7 nitrogen and oxygen atoms in total. The number of amidine groups is 1. The van der Waals surface area contributed by atoms with E-state index in [9.17, 15) is 9.59 Å². The standard InChI is InChI=1S/C23H23BrN2O5S/c1-4-26-21(27)19(32-23(26)25-16-9-7-15(8-10-16)22(28)29)13-14-11-17(24)20(31-6-3)18(12-14)30-5-2/h7-13H,4-6H2,1-3H3,(H,28,29)/b19-13+,25-23?. The van der Waals surface area contributed by atoms with E-state index >= 15 is 0 Å². The van der Waals surface area contributed by atoms with Crippen LogP contribution in [0.15, 0.2) is 50.8 Å². The lowest BCUT2D eigenvalue weighted by Gasteiger charge is -2.13. The number of carboxylic acids is 1. The van der Waals surface area contributed by atoms with Crippen LogP contribution in [0, 0.1) is 0 Å². The van der Waals surface area contributed by atoms with Crippen LogP contribution in [0.5, 0.6) is 11.5 Å². The molecule has 0 spiro atoms. The molecule has 3 rings (SSSR count). The molecule has 168 valence electrons. The van der Waals surface area contributed by atoms with Crippen molar-refractivity contribution >= 4 is 56.5 Å². The van der Waals surface area contributed by atoms with Gasteiger partial charge in [0, 0.05) is 6.54 Å². The molecule has 1 heterocycles. The molecule has 0 bridgehead atoms. The van der Waals surface area contributed by atoms with E-state index in [0.29, 0.717) is 47.0 Å². The summed E-state index contributed by atoms with van der Waals surface area (Å²) in [4.78, 5) is 30.7. The summed E-state index contributed by atoms with van der Waals surface area (Å²) in [5, 5.41) is 9.59. The van der Waals surface area contributed by atoms with Gasteiger partial charge >= 0.3 is 5.97 Å². The summed E-state index contributed by atoms with van der Waals surface area (Å²) in [6.07, 6.45) is 1.80. The molecule has 0 radical (unpaired) electrons. The van der Waals surface area contributed by atoms with Crippen LogP contribution in [0.1, 0.15) is 36.7 Å². The van der Waals surface area contributed by atoms with Gasteiger partial charge in [-0.2, -0.15) is 0 Å². The zero-order valence-corrected chi connectivity index (χ0v) is 20.3.